The van der Waals surface area contributed by atoms with Crippen LogP contribution in [0.1, 0.15) is 40.2 Å². The van der Waals surface area contributed by atoms with Crippen molar-refractivity contribution >= 4 is 0 Å². The van der Waals surface area contributed by atoms with E-state index in [-0.39, 0.29) is 6.29 Å². The quantitative estimate of drug-likeness (QED) is 0.938. The van der Waals surface area contributed by atoms with Gasteiger partial charge < -0.3 is 14.6 Å². The van der Waals surface area contributed by atoms with E-state index in [4.69, 9.17) is 9.47 Å². The van der Waals surface area contributed by atoms with Gasteiger partial charge in [0, 0.05) is 5.56 Å². The van der Waals surface area contributed by atoms with Crippen LogP contribution in [0.5, 0.6) is 0 Å². The third-order valence-corrected chi connectivity index (χ3v) is 3.96. The topological polar surface area (TPSA) is 38.7 Å². The Bertz CT molecular complexity index is 593. The van der Waals surface area contributed by atoms with Crippen molar-refractivity contribution in [2.24, 2.45) is 0 Å². The maximum absolute atomic E-state index is 10.6. The molecular weight excluding hydrogens is 264 g/mol. The normalized spacial score (nSPS) is 17.1. The highest BCUT2D eigenvalue weighted by atomic mass is 16.7. The molecule has 1 saturated heterocycles. The molecule has 0 saturated carbocycles. The molecule has 0 amide bonds. The predicted octanol–water partition coefficient (Wildman–Crippen LogP) is 3.43. The number of aliphatic hydroxyl groups is 1. The molecule has 1 N–H and O–H groups in total. The van der Waals surface area contributed by atoms with Crippen molar-refractivity contribution < 1.29 is 14.6 Å². The van der Waals surface area contributed by atoms with Gasteiger partial charge in [-0.05, 0) is 36.1 Å². The van der Waals surface area contributed by atoms with Crippen LogP contribution in [-0.2, 0) is 9.47 Å². The number of ether oxygens (including phenoxy) is 2. The van der Waals surface area contributed by atoms with Gasteiger partial charge in [-0.1, -0.05) is 42.5 Å². The maximum atomic E-state index is 10.6. The third kappa shape index (κ3) is 2.86. The first kappa shape index (κ1) is 14.3. The minimum atomic E-state index is -0.606. The van der Waals surface area contributed by atoms with E-state index in [1.807, 2.05) is 56.3 Å². The molecule has 0 radical (unpaired) electrons. The lowest BCUT2D eigenvalue weighted by atomic mass is 9.93. The molecular formula is C18H20O3. The summed E-state index contributed by atoms with van der Waals surface area (Å²) < 4.78 is 11.0. The SMILES string of the molecule is Cc1cccc(C)c1C(O)c1ccc(C2OCCO2)cc1. The van der Waals surface area contributed by atoms with Crippen LogP contribution in [0.3, 0.4) is 0 Å². The molecule has 2 aromatic carbocycles. The average molecular weight is 284 g/mol. The zero-order valence-corrected chi connectivity index (χ0v) is 12.4. The summed E-state index contributed by atoms with van der Waals surface area (Å²) in [5.41, 5.74) is 5.07. The van der Waals surface area contributed by atoms with Crippen LogP contribution in [0.25, 0.3) is 0 Å². The van der Waals surface area contributed by atoms with E-state index in [0.717, 1.165) is 27.8 Å². The van der Waals surface area contributed by atoms with Gasteiger partial charge in [0.1, 0.15) is 6.10 Å². The first-order chi connectivity index (χ1) is 10.2. The monoisotopic (exact) mass is 284 g/mol. The Morgan fingerprint density at radius 1 is 0.952 bits per heavy atom. The van der Waals surface area contributed by atoms with Crippen molar-refractivity contribution in [3.63, 3.8) is 0 Å². The molecule has 1 heterocycles. The summed E-state index contributed by atoms with van der Waals surface area (Å²) in [4.78, 5) is 0. The first-order valence-electron chi connectivity index (χ1n) is 7.24. The van der Waals surface area contributed by atoms with E-state index in [2.05, 4.69) is 0 Å². The van der Waals surface area contributed by atoms with Gasteiger partial charge in [-0.3, -0.25) is 0 Å². The molecule has 110 valence electrons. The highest BCUT2D eigenvalue weighted by Crippen LogP contribution is 2.29. The molecule has 3 heteroatoms. The van der Waals surface area contributed by atoms with Crippen molar-refractivity contribution in [1.82, 2.24) is 0 Å². The second kappa shape index (κ2) is 5.98. The Balaban J connectivity index is 1.86. The lowest BCUT2D eigenvalue weighted by Gasteiger charge is -2.18. The summed E-state index contributed by atoms with van der Waals surface area (Å²) >= 11 is 0. The van der Waals surface area contributed by atoms with E-state index >= 15 is 0 Å². The maximum Gasteiger partial charge on any atom is 0.184 e. The van der Waals surface area contributed by atoms with Crippen LogP contribution in [0.4, 0.5) is 0 Å². The van der Waals surface area contributed by atoms with E-state index in [9.17, 15) is 5.11 Å². The molecule has 1 fully saturated rings. The number of aryl methyl sites for hydroxylation is 2. The zero-order valence-electron chi connectivity index (χ0n) is 12.4. The number of rotatable bonds is 3. The second-order valence-corrected chi connectivity index (χ2v) is 5.45. The fourth-order valence-corrected chi connectivity index (χ4v) is 2.81. The molecule has 0 aromatic heterocycles. The van der Waals surface area contributed by atoms with E-state index in [1.165, 1.54) is 0 Å². The predicted molar refractivity (Wildman–Crippen MR) is 81.1 cm³/mol. The lowest BCUT2D eigenvalue weighted by molar-refractivity contribution is -0.0441. The number of benzene rings is 2. The van der Waals surface area contributed by atoms with Gasteiger partial charge in [0.15, 0.2) is 6.29 Å². The van der Waals surface area contributed by atoms with Crippen molar-refractivity contribution in [1.29, 1.82) is 0 Å². The first-order valence-corrected chi connectivity index (χ1v) is 7.24. The molecule has 3 rings (SSSR count). The smallest absolute Gasteiger partial charge is 0.184 e. The van der Waals surface area contributed by atoms with Gasteiger partial charge in [-0.25, -0.2) is 0 Å². The van der Waals surface area contributed by atoms with Crippen molar-refractivity contribution in [3.8, 4) is 0 Å². The Morgan fingerprint density at radius 3 is 2.10 bits per heavy atom. The third-order valence-electron chi connectivity index (χ3n) is 3.96. The Morgan fingerprint density at radius 2 is 1.52 bits per heavy atom. The second-order valence-electron chi connectivity index (χ2n) is 5.45. The zero-order chi connectivity index (χ0) is 14.8. The van der Waals surface area contributed by atoms with Crippen LogP contribution in [-0.4, -0.2) is 18.3 Å². The summed E-state index contributed by atoms with van der Waals surface area (Å²) in [6.45, 7) is 5.33. The molecule has 0 spiro atoms. The highest BCUT2D eigenvalue weighted by Gasteiger charge is 2.19. The van der Waals surface area contributed by atoms with Crippen LogP contribution < -0.4 is 0 Å². The molecule has 1 aliphatic heterocycles. The Hall–Kier alpha value is -1.68. The molecule has 0 bridgehead atoms. The molecule has 1 atom stereocenters. The van der Waals surface area contributed by atoms with Gasteiger partial charge in [-0.15, -0.1) is 0 Å². The van der Waals surface area contributed by atoms with E-state index in [1.54, 1.807) is 0 Å². The summed E-state index contributed by atoms with van der Waals surface area (Å²) in [5, 5.41) is 10.6. The Labute approximate surface area is 125 Å². The fourth-order valence-electron chi connectivity index (χ4n) is 2.81. The molecule has 3 nitrogen and oxygen atoms in total. The van der Waals surface area contributed by atoms with Gasteiger partial charge in [-0.2, -0.15) is 0 Å². The summed E-state index contributed by atoms with van der Waals surface area (Å²) in [6, 6.07) is 13.9. The minimum Gasteiger partial charge on any atom is -0.384 e. The highest BCUT2D eigenvalue weighted by molar-refractivity contribution is 5.41. The Kier molecular flexibility index (Phi) is 4.06. The van der Waals surface area contributed by atoms with Crippen molar-refractivity contribution in [3.05, 3.63) is 70.3 Å². The fraction of sp³-hybridized carbons (Fsp3) is 0.333. The van der Waals surface area contributed by atoms with Gasteiger partial charge in [0.2, 0.25) is 0 Å². The van der Waals surface area contributed by atoms with Crippen molar-refractivity contribution in [2.45, 2.75) is 26.2 Å². The van der Waals surface area contributed by atoms with Crippen molar-refractivity contribution in [2.75, 3.05) is 13.2 Å². The largest absolute Gasteiger partial charge is 0.384 e. The van der Waals surface area contributed by atoms with Crippen LogP contribution in [0.2, 0.25) is 0 Å². The van der Waals surface area contributed by atoms with E-state index in [0.29, 0.717) is 13.2 Å². The molecule has 21 heavy (non-hydrogen) atoms. The number of hydrogen-bond donors (Lipinski definition) is 1. The van der Waals surface area contributed by atoms with Gasteiger partial charge >= 0.3 is 0 Å². The average Bonchev–Trinajstić information content (AvgIpc) is 3.01. The van der Waals surface area contributed by atoms with Gasteiger partial charge in [0.25, 0.3) is 0 Å². The summed E-state index contributed by atoms with van der Waals surface area (Å²) in [6.07, 6.45) is -0.873. The van der Waals surface area contributed by atoms with Crippen LogP contribution in [0, 0.1) is 13.8 Å². The van der Waals surface area contributed by atoms with Gasteiger partial charge in [0.05, 0.1) is 13.2 Å². The number of aliphatic hydroxyl groups excluding tert-OH is 1. The molecule has 0 aliphatic carbocycles. The standard InChI is InChI=1S/C18H20O3/c1-12-4-3-5-13(2)16(12)17(19)14-6-8-15(9-7-14)18-20-10-11-21-18/h3-9,17-19H,10-11H2,1-2H3. The molecule has 1 aliphatic rings. The number of hydrogen-bond acceptors (Lipinski definition) is 3. The lowest BCUT2D eigenvalue weighted by Crippen LogP contribution is -2.05. The molecule has 2 aromatic rings. The van der Waals surface area contributed by atoms with Crippen LogP contribution >= 0.6 is 0 Å². The van der Waals surface area contributed by atoms with Crippen LogP contribution in [0.15, 0.2) is 42.5 Å². The summed E-state index contributed by atoms with van der Waals surface area (Å²) in [7, 11) is 0. The van der Waals surface area contributed by atoms with E-state index < -0.39 is 6.10 Å². The minimum absolute atomic E-state index is 0.267. The molecule has 1 unspecified atom stereocenters. The summed E-state index contributed by atoms with van der Waals surface area (Å²) in [5.74, 6) is 0.